The Morgan fingerprint density at radius 2 is 1.21 bits per heavy atom. The third kappa shape index (κ3) is 8.61. The molecule has 0 aliphatic heterocycles. The van der Waals surface area contributed by atoms with E-state index in [2.05, 4.69) is 20.8 Å². The number of nitrogens with one attached hydrogen (secondary N) is 2. The molecule has 0 aliphatic carbocycles. The number of nitrogens with two attached hydrogens (primary N) is 2. The Morgan fingerprint density at radius 1 is 0.677 bits per heavy atom. The average Bonchev–Trinajstić information content (AvgIpc) is 4.02. The van der Waals surface area contributed by atoms with E-state index in [0.717, 1.165) is 16.7 Å². The number of allylic oxidation sites excluding steroid dienone is 2. The minimum atomic E-state index is -0.678. The summed E-state index contributed by atoms with van der Waals surface area (Å²) in [6, 6.07) is 18.9. The molecule has 0 fully saturated rings. The molecule has 3 aromatic carbocycles. The number of amides is 4. The van der Waals surface area contributed by atoms with E-state index >= 15 is 0 Å². The van der Waals surface area contributed by atoms with Crippen LogP contribution in [0.4, 0.5) is 11.9 Å². The molecule has 0 saturated heterocycles. The molecule has 7 aromatic rings. The summed E-state index contributed by atoms with van der Waals surface area (Å²) < 4.78 is 18.6. The Kier molecular flexibility index (Phi) is 11.9. The van der Waals surface area contributed by atoms with Crippen molar-refractivity contribution < 1.29 is 28.7 Å². The second-order valence-corrected chi connectivity index (χ2v) is 14.9. The lowest BCUT2D eigenvalue weighted by Crippen LogP contribution is -2.21. The predicted molar refractivity (Wildman–Crippen MR) is 233 cm³/mol. The van der Waals surface area contributed by atoms with Crippen LogP contribution in [0.2, 0.25) is 0 Å². The van der Waals surface area contributed by atoms with Gasteiger partial charge in [-0.05, 0) is 102 Å². The number of anilines is 2. The lowest BCUT2D eigenvalue weighted by Gasteiger charge is -2.17. The van der Waals surface area contributed by atoms with Gasteiger partial charge in [0.15, 0.2) is 0 Å². The standard InChI is InChI=1S/C44H48N12O6/c1-8-55-35(16-26(5)51-55)41(59)49-43-47-32-18-29(39(45)57)12-15-34(32)53(43)21-24(3)25(4)22-54-38-33(48-44(54)50-42(60)36-17-27(6)52-56(36)9-2)19-30(40(46)58)20-37(38)62-23-28-10-13-31(61-7)14-11-28/h10-20H,8-9,21-23H2,1-7H3,(H2,45,57)(H2,46,58)(H,47,49,59)(H,48,50,60). The SMILES string of the molecule is CCn1nc(C)cc1C(=O)Nc1nc2cc(C(N)=O)ccc2n1CC(C)=C(C)Cn1c(NC(=O)c2cc(C)nn2CC)nc2cc(C(N)=O)cc(OCc3ccc(OC)cc3)c21. The summed E-state index contributed by atoms with van der Waals surface area (Å²) in [6.45, 7) is 12.9. The monoisotopic (exact) mass is 840 g/mol. The first kappa shape index (κ1) is 42.4. The van der Waals surface area contributed by atoms with E-state index in [0.29, 0.717) is 69.4 Å². The van der Waals surface area contributed by atoms with Crippen LogP contribution in [0.1, 0.15) is 86.3 Å². The van der Waals surface area contributed by atoms with Crippen LogP contribution >= 0.6 is 0 Å². The molecule has 6 N–H and O–H groups in total. The van der Waals surface area contributed by atoms with Gasteiger partial charge in [0.25, 0.3) is 11.8 Å². The Bertz CT molecular complexity index is 2910. The molecule has 0 spiro atoms. The fourth-order valence-corrected chi connectivity index (χ4v) is 7.17. The summed E-state index contributed by atoms with van der Waals surface area (Å²) in [7, 11) is 1.59. The number of imidazole rings is 2. The quantitative estimate of drug-likeness (QED) is 0.0859. The van der Waals surface area contributed by atoms with Gasteiger partial charge < -0.3 is 30.1 Å². The number of ether oxygens (including phenoxy) is 2. The average molecular weight is 841 g/mol. The molecule has 4 amide bonds. The molecule has 320 valence electrons. The summed E-state index contributed by atoms with van der Waals surface area (Å²) in [6.07, 6.45) is 0. The van der Waals surface area contributed by atoms with E-state index in [-0.39, 0.29) is 42.7 Å². The number of nitrogens with zero attached hydrogens (tertiary/aromatic N) is 8. The molecule has 0 saturated carbocycles. The van der Waals surface area contributed by atoms with Crippen molar-refractivity contribution >= 4 is 57.6 Å². The largest absolute Gasteiger partial charge is 0.497 e. The van der Waals surface area contributed by atoms with Gasteiger partial charge in [-0.1, -0.05) is 23.3 Å². The van der Waals surface area contributed by atoms with Crippen molar-refractivity contribution in [3.05, 3.63) is 117 Å². The van der Waals surface area contributed by atoms with Gasteiger partial charge in [0.1, 0.15) is 35.0 Å². The maximum Gasteiger partial charge on any atom is 0.276 e. The Hall–Kier alpha value is -7.76. The van der Waals surface area contributed by atoms with E-state index < -0.39 is 23.6 Å². The molecule has 0 aliphatic rings. The molecular weight excluding hydrogens is 793 g/mol. The van der Waals surface area contributed by atoms with Crippen molar-refractivity contribution in [1.29, 1.82) is 0 Å². The minimum Gasteiger partial charge on any atom is -0.497 e. The van der Waals surface area contributed by atoms with Crippen LogP contribution < -0.4 is 31.6 Å². The zero-order valence-electron chi connectivity index (χ0n) is 35.6. The van der Waals surface area contributed by atoms with Gasteiger partial charge in [-0.15, -0.1) is 0 Å². The normalized spacial score (nSPS) is 11.8. The molecule has 18 heteroatoms. The molecule has 18 nitrogen and oxygen atoms in total. The highest BCUT2D eigenvalue weighted by molar-refractivity contribution is 6.05. The molecule has 4 aromatic heterocycles. The van der Waals surface area contributed by atoms with Crippen LogP contribution in [0.3, 0.4) is 0 Å². The molecule has 0 bridgehead atoms. The minimum absolute atomic E-state index is 0.134. The van der Waals surface area contributed by atoms with Gasteiger partial charge in [0, 0.05) is 37.3 Å². The number of carbonyl (C=O) groups excluding carboxylic acids is 4. The number of benzene rings is 3. The third-order valence-electron chi connectivity index (χ3n) is 10.5. The highest BCUT2D eigenvalue weighted by atomic mass is 16.5. The number of hydrogen-bond donors (Lipinski definition) is 4. The fraction of sp³-hybridized carbons (Fsp3) is 0.273. The summed E-state index contributed by atoms with van der Waals surface area (Å²) in [5, 5.41) is 14.8. The second-order valence-electron chi connectivity index (χ2n) is 14.9. The van der Waals surface area contributed by atoms with Crippen LogP contribution in [0.5, 0.6) is 11.5 Å². The van der Waals surface area contributed by atoms with E-state index in [1.165, 1.54) is 0 Å². The smallest absolute Gasteiger partial charge is 0.276 e. The molecule has 0 atom stereocenters. The topological polar surface area (TPSA) is 234 Å². The van der Waals surface area contributed by atoms with E-state index in [1.807, 2.05) is 74.9 Å². The summed E-state index contributed by atoms with van der Waals surface area (Å²) in [4.78, 5) is 61.9. The number of aromatic nitrogens is 8. The fourth-order valence-electron chi connectivity index (χ4n) is 7.17. The second kappa shape index (κ2) is 17.5. The maximum atomic E-state index is 13.9. The number of fused-ring (bicyclic) bond motifs is 2. The molecule has 4 heterocycles. The summed E-state index contributed by atoms with van der Waals surface area (Å²) in [5.41, 5.74) is 18.5. The van der Waals surface area contributed by atoms with Gasteiger partial charge >= 0.3 is 0 Å². The van der Waals surface area contributed by atoms with Gasteiger partial charge in [0.05, 0.1) is 35.0 Å². The van der Waals surface area contributed by atoms with Crippen LogP contribution in [-0.2, 0) is 32.8 Å². The Morgan fingerprint density at radius 3 is 1.76 bits per heavy atom. The number of aryl methyl sites for hydroxylation is 4. The van der Waals surface area contributed by atoms with Crippen molar-refractivity contribution in [3.63, 3.8) is 0 Å². The predicted octanol–water partition coefficient (Wildman–Crippen LogP) is 5.76. The first-order valence-electron chi connectivity index (χ1n) is 19.9. The highest BCUT2D eigenvalue weighted by Crippen LogP contribution is 2.33. The summed E-state index contributed by atoms with van der Waals surface area (Å²) in [5.74, 6) is -0.676. The van der Waals surface area contributed by atoms with Crippen molar-refractivity contribution in [2.45, 2.75) is 74.3 Å². The highest BCUT2D eigenvalue weighted by Gasteiger charge is 2.24. The van der Waals surface area contributed by atoms with Gasteiger partial charge in [-0.2, -0.15) is 10.2 Å². The van der Waals surface area contributed by atoms with E-state index in [9.17, 15) is 19.2 Å². The van der Waals surface area contributed by atoms with Crippen molar-refractivity contribution in [3.8, 4) is 11.5 Å². The van der Waals surface area contributed by atoms with Crippen molar-refractivity contribution in [1.82, 2.24) is 38.7 Å². The lowest BCUT2D eigenvalue weighted by molar-refractivity contribution is 0.0992. The van der Waals surface area contributed by atoms with Gasteiger partial charge in [0.2, 0.25) is 23.7 Å². The van der Waals surface area contributed by atoms with Crippen LogP contribution in [0, 0.1) is 13.8 Å². The molecule has 62 heavy (non-hydrogen) atoms. The zero-order chi connectivity index (χ0) is 44.4. The molecule has 0 radical (unpaired) electrons. The number of rotatable bonds is 16. The number of hydrogen-bond acceptors (Lipinski definition) is 10. The van der Waals surface area contributed by atoms with E-state index in [1.54, 1.807) is 58.9 Å². The first-order chi connectivity index (χ1) is 29.7. The molecule has 7 rings (SSSR count). The zero-order valence-corrected chi connectivity index (χ0v) is 35.6. The van der Waals surface area contributed by atoms with Crippen molar-refractivity contribution in [2.24, 2.45) is 11.5 Å². The van der Waals surface area contributed by atoms with E-state index in [4.69, 9.17) is 30.9 Å². The van der Waals surface area contributed by atoms with Crippen LogP contribution in [0.15, 0.2) is 77.9 Å². The molecular formula is C44H48N12O6. The van der Waals surface area contributed by atoms with Gasteiger partial charge in [-0.25, -0.2) is 9.97 Å². The lowest BCUT2D eigenvalue weighted by atomic mass is 10.1. The number of primary amides is 2. The molecule has 0 unspecified atom stereocenters. The van der Waals surface area contributed by atoms with Crippen LogP contribution in [0.25, 0.3) is 22.1 Å². The Balaban J connectivity index is 1.31. The third-order valence-corrected chi connectivity index (χ3v) is 10.5. The first-order valence-corrected chi connectivity index (χ1v) is 19.9. The van der Waals surface area contributed by atoms with Crippen LogP contribution in [-0.4, -0.2) is 69.4 Å². The maximum absolute atomic E-state index is 13.9. The number of carbonyl (C=O) groups is 4. The Labute approximate surface area is 356 Å². The van der Waals surface area contributed by atoms with Gasteiger partial charge in [-0.3, -0.25) is 39.2 Å². The summed E-state index contributed by atoms with van der Waals surface area (Å²) >= 11 is 0. The number of methoxy groups -OCH3 is 1. The van der Waals surface area contributed by atoms with Crippen molar-refractivity contribution in [2.75, 3.05) is 17.7 Å².